The molecule has 1 N–H and O–H groups in total. The first-order valence-electron chi connectivity index (χ1n) is 8.08. The second-order valence-electron chi connectivity index (χ2n) is 6.44. The van der Waals surface area contributed by atoms with Gasteiger partial charge in [0.05, 0.1) is 6.04 Å². The van der Waals surface area contributed by atoms with Gasteiger partial charge in [0.15, 0.2) is 5.78 Å². The maximum Gasteiger partial charge on any atom is 0.252 e. The van der Waals surface area contributed by atoms with Gasteiger partial charge in [-0.25, -0.2) is 4.98 Å². The molecule has 1 heterocycles. The van der Waals surface area contributed by atoms with E-state index < -0.39 is 0 Å². The highest BCUT2D eigenvalue weighted by molar-refractivity contribution is 6.05. The van der Waals surface area contributed by atoms with Gasteiger partial charge in [0.2, 0.25) is 0 Å². The summed E-state index contributed by atoms with van der Waals surface area (Å²) in [7, 11) is 1.95. The molecule has 4 rings (SSSR count). The van der Waals surface area contributed by atoms with E-state index in [2.05, 4.69) is 10.3 Å². The maximum atomic E-state index is 12.8. The number of hydrogen-bond acceptors (Lipinski definition) is 3. The molecule has 0 unspecified atom stereocenters. The van der Waals surface area contributed by atoms with Crippen molar-refractivity contribution in [3.05, 3.63) is 53.1 Å². The van der Waals surface area contributed by atoms with Crippen LogP contribution in [-0.4, -0.2) is 21.2 Å². The van der Waals surface area contributed by atoms with Crippen LogP contribution in [0, 0.1) is 5.92 Å². The van der Waals surface area contributed by atoms with E-state index in [0.717, 1.165) is 24.2 Å². The highest BCUT2D eigenvalue weighted by Crippen LogP contribution is 2.40. The molecule has 1 aromatic heterocycles. The molecular weight excluding hydrogens is 290 g/mol. The first-order chi connectivity index (χ1) is 11.1. The molecule has 0 aliphatic heterocycles. The van der Waals surface area contributed by atoms with Gasteiger partial charge < -0.3 is 9.88 Å². The Bertz CT molecular complexity index is 789. The van der Waals surface area contributed by atoms with Crippen molar-refractivity contribution in [2.75, 3.05) is 0 Å². The van der Waals surface area contributed by atoms with Crippen molar-refractivity contribution in [2.45, 2.75) is 31.7 Å². The number of Topliss-reactive ketones (excluding diaryl/α,β-unsaturated/α-hetero) is 1. The molecule has 0 bridgehead atoms. The summed E-state index contributed by atoms with van der Waals surface area (Å²) in [6, 6.07) is 5.37. The first-order valence-corrected chi connectivity index (χ1v) is 8.08. The largest absolute Gasteiger partial charge is 0.342 e. The number of benzene rings is 1. The lowest BCUT2D eigenvalue weighted by atomic mass is 10.0. The highest BCUT2D eigenvalue weighted by Gasteiger charge is 2.36. The number of hydrogen-bond donors (Lipinski definition) is 1. The molecule has 1 aromatic carbocycles. The lowest BCUT2D eigenvalue weighted by Gasteiger charge is -2.19. The summed E-state index contributed by atoms with van der Waals surface area (Å²) in [6.45, 7) is 0. The van der Waals surface area contributed by atoms with Gasteiger partial charge in [0.1, 0.15) is 5.82 Å². The minimum absolute atomic E-state index is 0.0598. The van der Waals surface area contributed by atoms with Crippen LogP contribution < -0.4 is 5.32 Å². The van der Waals surface area contributed by atoms with E-state index in [0.29, 0.717) is 29.9 Å². The molecule has 5 nitrogen and oxygen atoms in total. The highest BCUT2D eigenvalue weighted by atomic mass is 16.2. The van der Waals surface area contributed by atoms with Gasteiger partial charge in [0, 0.05) is 37.0 Å². The van der Waals surface area contributed by atoms with Crippen LogP contribution in [0.15, 0.2) is 30.6 Å². The predicted molar refractivity (Wildman–Crippen MR) is 85.2 cm³/mol. The van der Waals surface area contributed by atoms with E-state index >= 15 is 0 Å². The minimum Gasteiger partial charge on any atom is -0.342 e. The monoisotopic (exact) mass is 309 g/mol. The fourth-order valence-electron chi connectivity index (χ4n) is 3.42. The van der Waals surface area contributed by atoms with Gasteiger partial charge in [-0.2, -0.15) is 0 Å². The number of nitrogens with zero attached hydrogens (tertiary/aromatic N) is 2. The summed E-state index contributed by atoms with van der Waals surface area (Å²) in [4.78, 5) is 29.1. The summed E-state index contributed by atoms with van der Waals surface area (Å²) in [5.41, 5.74) is 2.23. The summed E-state index contributed by atoms with van der Waals surface area (Å²) >= 11 is 0. The van der Waals surface area contributed by atoms with Crippen LogP contribution in [0.3, 0.4) is 0 Å². The third kappa shape index (κ3) is 2.46. The maximum absolute atomic E-state index is 12.8. The second kappa shape index (κ2) is 5.33. The van der Waals surface area contributed by atoms with Crippen molar-refractivity contribution in [2.24, 2.45) is 13.0 Å². The average Bonchev–Trinajstić information content (AvgIpc) is 3.21. The van der Waals surface area contributed by atoms with Crippen LogP contribution in [0.2, 0.25) is 0 Å². The fraction of sp³-hybridized carbons (Fsp3) is 0.389. The van der Waals surface area contributed by atoms with Gasteiger partial charge >= 0.3 is 0 Å². The molecule has 0 saturated heterocycles. The zero-order valence-corrected chi connectivity index (χ0v) is 13.1. The number of nitrogens with one attached hydrogen (secondary N) is 1. The molecule has 1 saturated carbocycles. The standard InChI is InChI=1S/C18H19N3O2/c1-21-10-9-19-17(21)16(11-5-6-11)20-18(23)14-4-2-3-13-12(14)7-8-15(13)22/h2-4,9-11,16H,5-8H2,1H3,(H,20,23)/t16-/m0/s1. The number of carbonyl (C=O) groups is 2. The molecule has 1 fully saturated rings. The summed E-state index contributed by atoms with van der Waals surface area (Å²) in [5, 5.41) is 3.15. The molecule has 118 valence electrons. The third-order valence-corrected chi connectivity index (χ3v) is 4.84. The minimum atomic E-state index is -0.101. The summed E-state index contributed by atoms with van der Waals surface area (Å²) in [6.07, 6.45) is 7.05. The van der Waals surface area contributed by atoms with Gasteiger partial charge in [0.25, 0.3) is 5.91 Å². The zero-order valence-electron chi connectivity index (χ0n) is 13.1. The van der Waals surface area contributed by atoms with Crippen LogP contribution in [-0.2, 0) is 13.5 Å². The number of rotatable bonds is 4. The SMILES string of the molecule is Cn1ccnc1[C@@H](NC(=O)c1cccc2c1CCC2=O)C1CC1. The van der Waals surface area contributed by atoms with Crippen LogP contribution in [0.5, 0.6) is 0 Å². The van der Waals surface area contributed by atoms with Crippen molar-refractivity contribution in [3.8, 4) is 0 Å². The normalized spacial score (nSPS) is 17.9. The van der Waals surface area contributed by atoms with Crippen LogP contribution >= 0.6 is 0 Å². The lowest BCUT2D eigenvalue weighted by molar-refractivity contribution is 0.0927. The molecule has 2 aliphatic carbocycles. The van der Waals surface area contributed by atoms with Gasteiger partial charge in [-0.15, -0.1) is 0 Å². The lowest BCUT2D eigenvalue weighted by Crippen LogP contribution is -2.32. The Kier molecular flexibility index (Phi) is 3.29. The Morgan fingerprint density at radius 1 is 1.35 bits per heavy atom. The van der Waals surface area contributed by atoms with E-state index in [1.165, 1.54) is 0 Å². The summed E-state index contributed by atoms with van der Waals surface area (Å²) in [5.74, 6) is 1.39. The Balaban J connectivity index is 1.63. The van der Waals surface area contributed by atoms with Gasteiger partial charge in [-0.05, 0) is 36.8 Å². The van der Waals surface area contributed by atoms with Crippen molar-refractivity contribution in [1.29, 1.82) is 0 Å². The molecule has 2 aliphatic rings. The number of aryl methyl sites for hydroxylation is 1. The molecule has 23 heavy (non-hydrogen) atoms. The molecule has 2 aromatic rings. The Hall–Kier alpha value is -2.43. The topological polar surface area (TPSA) is 64.0 Å². The molecular formula is C18H19N3O2. The van der Waals surface area contributed by atoms with E-state index in [4.69, 9.17) is 0 Å². The van der Waals surface area contributed by atoms with Crippen LogP contribution in [0.4, 0.5) is 0 Å². The molecule has 0 spiro atoms. The van der Waals surface area contributed by atoms with Crippen LogP contribution in [0.25, 0.3) is 0 Å². The van der Waals surface area contributed by atoms with E-state index in [1.54, 1.807) is 12.3 Å². The average molecular weight is 309 g/mol. The quantitative estimate of drug-likeness (QED) is 0.943. The Morgan fingerprint density at radius 3 is 2.87 bits per heavy atom. The molecule has 1 atom stereocenters. The van der Waals surface area contributed by atoms with E-state index in [-0.39, 0.29) is 17.7 Å². The first kappa shape index (κ1) is 14.2. The van der Waals surface area contributed by atoms with Gasteiger partial charge in [-0.3, -0.25) is 9.59 Å². The van der Waals surface area contributed by atoms with E-state index in [1.807, 2.05) is 29.9 Å². The third-order valence-electron chi connectivity index (χ3n) is 4.84. The number of ketones is 1. The second-order valence-corrected chi connectivity index (χ2v) is 6.44. The molecule has 1 amide bonds. The number of aromatic nitrogens is 2. The van der Waals surface area contributed by atoms with E-state index in [9.17, 15) is 9.59 Å². The van der Waals surface area contributed by atoms with Crippen LogP contribution in [0.1, 0.15) is 57.4 Å². The summed E-state index contributed by atoms with van der Waals surface area (Å²) < 4.78 is 1.96. The predicted octanol–water partition coefficient (Wildman–Crippen LogP) is 2.43. The van der Waals surface area contributed by atoms with Crippen molar-refractivity contribution in [3.63, 3.8) is 0 Å². The van der Waals surface area contributed by atoms with Gasteiger partial charge in [-0.1, -0.05) is 12.1 Å². The van der Waals surface area contributed by atoms with Crippen molar-refractivity contribution in [1.82, 2.24) is 14.9 Å². The molecule has 0 radical (unpaired) electrons. The smallest absolute Gasteiger partial charge is 0.252 e. The zero-order chi connectivity index (χ0) is 16.0. The number of amides is 1. The number of fused-ring (bicyclic) bond motifs is 1. The number of imidazole rings is 1. The van der Waals surface area contributed by atoms with Crippen molar-refractivity contribution < 1.29 is 9.59 Å². The van der Waals surface area contributed by atoms with Crippen molar-refractivity contribution >= 4 is 11.7 Å². The fourth-order valence-corrected chi connectivity index (χ4v) is 3.42. The number of carbonyl (C=O) groups excluding carboxylic acids is 2. The molecule has 5 heteroatoms. The Morgan fingerprint density at radius 2 is 2.17 bits per heavy atom. The Labute approximate surface area is 134 Å².